The molecule has 0 radical (unpaired) electrons. The molecule has 0 saturated heterocycles. The average Bonchev–Trinajstić information content (AvgIpc) is 3.27. The van der Waals surface area contributed by atoms with Crippen LogP contribution in [-0.4, -0.2) is 28.0 Å². The summed E-state index contributed by atoms with van der Waals surface area (Å²) in [6.45, 7) is 5.33. The minimum absolute atomic E-state index is 0.890. The lowest BCUT2D eigenvalue weighted by Gasteiger charge is -2.20. The Morgan fingerprint density at radius 3 is 2.50 bits per heavy atom. The fraction of sp³-hybridized carbons (Fsp3) is 0.200. The van der Waals surface area contributed by atoms with E-state index < -0.39 is 0 Å². The second-order valence-electron chi connectivity index (χ2n) is 7.21. The summed E-state index contributed by atoms with van der Waals surface area (Å²) >= 11 is 1.60. The van der Waals surface area contributed by atoms with Crippen molar-refractivity contribution in [2.24, 2.45) is 0 Å². The molecule has 0 aliphatic carbocycles. The topological polar surface area (TPSA) is 41.0 Å². The van der Waals surface area contributed by atoms with Crippen molar-refractivity contribution in [3.8, 4) is 11.3 Å². The van der Waals surface area contributed by atoms with Crippen LogP contribution in [0, 0.1) is 0 Å². The molecular formula is C25H26N4S. The summed E-state index contributed by atoms with van der Waals surface area (Å²) < 4.78 is 0. The summed E-state index contributed by atoms with van der Waals surface area (Å²) in [5.74, 6) is 0. The van der Waals surface area contributed by atoms with E-state index in [1.165, 1.54) is 11.1 Å². The van der Waals surface area contributed by atoms with E-state index in [0.717, 1.165) is 48.1 Å². The first-order valence-corrected chi connectivity index (χ1v) is 11.2. The SMILES string of the molecule is CCN(CCc1ccc(Nc2nc(-c3cccnc3)cs2)cc1)Cc1ccccc1. The normalized spacial score (nSPS) is 11.0. The molecule has 30 heavy (non-hydrogen) atoms. The molecule has 2 aromatic carbocycles. The van der Waals surface area contributed by atoms with Crippen molar-refractivity contribution < 1.29 is 0 Å². The Bertz CT molecular complexity index is 1030. The van der Waals surface area contributed by atoms with Crippen LogP contribution in [0.3, 0.4) is 0 Å². The van der Waals surface area contributed by atoms with Gasteiger partial charge in [0.05, 0.1) is 5.69 Å². The maximum absolute atomic E-state index is 4.67. The molecule has 0 spiro atoms. The van der Waals surface area contributed by atoms with Gasteiger partial charge >= 0.3 is 0 Å². The highest BCUT2D eigenvalue weighted by Crippen LogP contribution is 2.26. The zero-order valence-electron chi connectivity index (χ0n) is 17.2. The van der Waals surface area contributed by atoms with Gasteiger partial charge in [-0.15, -0.1) is 11.3 Å². The number of nitrogens with one attached hydrogen (secondary N) is 1. The van der Waals surface area contributed by atoms with E-state index in [-0.39, 0.29) is 0 Å². The van der Waals surface area contributed by atoms with E-state index in [4.69, 9.17) is 0 Å². The molecule has 0 fully saturated rings. The highest BCUT2D eigenvalue weighted by molar-refractivity contribution is 7.14. The van der Waals surface area contributed by atoms with Gasteiger partial charge in [-0.3, -0.25) is 9.88 Å². The molecule has 4 nitrogen and oxygen atoms in total. The number of aromatic nitrogens is 2. The van der Waals surface area contributed by atoms with Crippen molar-refractivity contribution in [1.29, 1.82) is 0 Å². The zero-order chi connectivity index (χ0) is 20.6. The fourth-order valence-corrected chi connectivity index (χ4v) is 4.07. The second kappa shape index (κ2) is 10.1. The van der Waals surface area contributed by atoms with Crippen LogP contribution in [-0.2, 0) is 13.0 Å². The number of pyridine rings is 1. The van der Waals surface area contributed by atoms with Crippen molar-refractivity contribution in [2.75, 3.05) is 18.4 Å². The molecule has 0 aliphatic rings. The van der Waals surface area contributed by atoms with Gasteiger partial charge in [-0.2, -0.15) is 0 Å². The Balaban J connectivity index is 1.31. The highest BCUT2D eigenvalue weighted by atomic mass is 32.1. The molecular weight excluding hydrogens is 388 g/mol. The van der Waals surface area contributed by atoms with E-state index in [1.807, 2.05) is 18.3 Å². The Kier molecular flexibility index (Phi) is 6.85. The molecule has 0 amide bonds. The number of nitrogens with zero attached hydrogens (tertiary/aromatic N) is 3. The van der Waals surface area contributed by atoms with Gasteiger partial charge in [0.25, 0.3) is 0 Å². The molecule has 5 heteroatoms. The molecule has 4 rings (SSSR count). The number of likely N-dealkylation sites (N-methyl/N-ethyl adjacent to an activating group) is 1. The van der Waals surface area contributed by atoms with Crippen LogP contribution in [0.4, 0.5) is 10.8 Å². The molecule has 0 aliphatic heterocycles. The third kappa shape index (κ3) is 5.53. The minimum atomic E-state index is 0.890. The number of hydrogen-bond donors (Lipinski definition) is 1. The third-order valence-electron chi connectivity index (χ3n) is 5.08. The van der Waals surface area contributed by atoms with Gasteiger partial charge in [-0.1, -0.05) is 49.4 Å². The maximum atomic E-state index is 4.67. The van der Waals surface area contributed by atoms with Crippen LogP contribution in [0.1, 0.15) is 18.1 Å². The van der Waals surface area contributed by atoms with Crippen LogP contribution >= 0.6 is 11.3 Å². The predicted octanol–water partition coefficient (Wildman–Crippen LogP) is 6.01. The summed E-state index contributed by atoms with van der Waals surface area (Å²) in [7, 11) is 0. The molecule has 0 bridgehead atoms. The quantitative estimate of drug-likeness (QED) is 0.364. The molecule has 152 valence electrons. The first kappa shape index (κ1) is 20.3. The summed E-state index contributed by atoms with van der Waals surface area (Å²) in [4.78, 5) is 11.3. The lowest BCUT2D eigenvalue weighted by molar-refractivity contribution is 0.283. The van der Waals surface area contributed by atoms with E-state index >= 15 is 0 Å². The van der Waals surface area contributed by atoms with E-state index in [2.05, 4.69) is 87.1 Å². The van der Waals surface area contributed by atoms with Gasteiger partial charge in [0.1, 0.15) is 0 Å². The lowest BCUT2D eigenvalue weighted by Crippen LogP contribution is -2.25. The average molecular weight is 415 g/mol. The Hall–Kier alpha value is -3.02. The molecule has 0 saturated carbocycles. The maximum Gasteiger partial charge on any atom is 0.187 e. The van der Waals surface area contributed by atoms with Crippen LogP contribution in [0.25, 0.3) is 11.3 Å². The first-order chi connectivity index (χ1) is 14.8. The van der Waals surface area contributed by atoms with Crippen molar-refractivity contribution in [3.63, 3.8) is 0 Å². The number of thiazole rings is 1. The second-order valence-corrected chi connectivity index (χ2v) is 8.06. The van der Waals surface area contributed by atoms with Gasteiger partial charge in [-0.25, -0.2) is 4.98 Å². The molecule has 0 unspecified atom stereocenters. The zero-order valence-corrected chi connectivity index (χ0v) is 18.0. The number of rotatable bonds is 9. The summed E-state index contributed by atoms with van der Waals surface area (Å²) in [6.07, 6.45) is 4.66. The van der Waals surface area contributed by atoms with Crippen LogP contribution in [0.15, 0.2) is 84.5 Å². The number of anilines is 2. The number of benzene rings is 2. The molecule has 2 aromatic heterocycles. The smallest absolute Gasteiger partial charge is 0.187 e. The van der Waals surface area contributed by atoms with E-state index in [9.17, 15) is 0 Å². The minimum Gasteiger partial charge on any atom is -0.332 e. The van der Waals surface area contributed by atoms with Crippen LogP contribution in [0.2, 0.25) is 0 Å². The molecule has 1 N–H and O–H groups in total. The monoisotopic (exact) mass is 414 g/mol. The van der Waals surface area contributed by atoms with Crippen molar-refractivity contribution in [1.82, 2.24) is 14.9 Å². The first-order valence-electron chi connectivity index (χ1n) is 10.3. The van der Waals surface area contributed by atoms with Crippen molar-refractivity contribution >= 4 is 22.2 Å². The van der Waals surface area contributed by atoms with Crippen molar-refractivity contribution in [2.45, 2.75) is 19.9 Å². The van der Waals surface area contributed by atoms with Gasteiger partial charge in [-0.05, 0) is 48.4 Å². The predicted molar refractivity (Wildman–Crippen MR) is 126 cm³/mol. The Labute approximate surface area is 182 Å². The third-order valence-corrected chi connectivity index (χ3v) is 5.84. The van der Waals surface area contributed by atoms with Crippen LogP contribution < -0.4 is 5.32 Å². The Morgan fingerprint density at radius 2 is 1.77 bits per heavy atom. The summed E-state index contributed by atoms with van der Waals surface area (Å²) in [5, 5.41) is 6.35. The van der Waals surface area contributed by atoms with Gasteiger partial charge in [0, 0.05) is 42.1 Å². The van der Waals surface area contributed by atoms with Gasteiger partial charge < -0.3 is 5.32 Å². The molecule has 0 atom stereocenters. The summed E-state index contributed by atoms with van der Waals surface area (Å²) in [5.41, 5.74) is 5.76. The van der Waals surface area contributed by atoms with Crippen LogP contribution in [0.5, 0.6) is 0 Å². The highest BCUT2D eigenvalue weighted by Gasteiger charge is 2.06. The lowest BCUT2D eigenvalue weighted by atomic mass is 10.1. The number of hydrogen-bond acceptors (Lipinski definition) is 5. The summed E-state index contributed by atoms with van der Waals surface area (Å²) in [6, 6.07) is 23.3. The van der Waals surface area contributed by atoms with Gasteiger partial charge in [0.15, 0.2) is 5.13 Å². The standard InChI is InChI=1S/C25H26N4S/c1-2-29(18-21-7-4-3-5-8-21)16-14-20-10-12-23(13-11-20)27-25-28-24(19-30-25)22-9-6-15-26-17-22/h3-13,15,17,19H,2,14,16,18H2,1H3,(H,27,28). The molecule has 2 heterocycles. The largest absolute Gasteiger partial charge is 0.332 e. The van der Waals surface area contributed by atoms with E-state index in [0.29, 0.717) is 0 Å². The molecule has 4 aromatic rings. The van der Waals surface area contributed by atoms with Gasteiger partial charge in [0.2, 0.25) is 0 Å². The van der Waals surface area contributed by atoms with E-state index in [1.54, 1.807) is 17.5 Å². The van der Waals surface area contributed by atoms with Crippen molar-refractivity contribution in [3.05, 3.63) is 95.6 Å². The Morgan fingerprint density at radius 1 is 0.933 bits per heavy atom. The fourth-order valence-electron chi connectivity index (χ4n) is 3.33.